The number of anilines is 1. The first kappa shape index (κ1) is 9.99. The van der Waals surface area contributed by atoms with Crippen molar-refractivity contribution in [2.45, 2.75) is 6.92 Å². The van der Waals surface area contributed by atoms with Crippen molar-refractivity contribution in [1.29, 1.82) is 0 Å². The second kappa shape index (κ2) is 3.75. The number of aryl methyl sites for hydroxylation is 1. The lowest BCUT2D eigenvalue weighted by atomic mass is 10.1. The van der Waals surface area contributed by atoms with E-state index in [0.717, 1.165) is 0 Å². The minimum atomic E-state index is -0.578. The topological polar surface area (TPSA) is 43.1 Å². The van der Waals surface area contributed by atoms with E-state index in [2.05, 4.69) is 0 Å². The molecule has 0 bridgehead atoms. The highest BCUT2D eigenvalue weighted by Gasteiger charge is 2.15. The minimum Gasteiger partial charge on any atom is -0.398 e. The summed E-state index contributed by atoms with van der Waals surface area (Å²) in [7, 11) is 0. The Morgan fingerprint density at radius 1 is 1.62 bits per heavy atom. The standard InChI is InChI=1S/C9H9ClFNO/c1-5-2-3-6(12)8(9(5)11)7(13)4-10/h2-3H,4,12H2,1H3. The third kappa shape index (κ3) is 1.80. The van der Waals surface area contributed by atoms with E-state index in [1.54, 1.807) is 6.92 Å². The molecule has 2 N–H and O–H groups in total. The van der Waals surface area contributed by atoms with Crippen LogP contribution < -0.4 is 5.73 Å². The number of carbonyl (C=O) groups is 1. The summed E-state index contributed by atoms with van der Waals surface area (Å²) in [5.41, 5.74) is 5.87. The van der Waals surface area contributed by atoms with E-state index in [4.69, 9.17) is 17.3 Å². The summed E-state index contributed by atoms with van der Waals surface area (Å²) >= 11 is 5.31. The Morgan fingerprint density at radius 2 is 2.23 bits per heavy atom. The van der Waals surface area contributed by atoms with Crippen molar-refractivity contribution >= 4 is 23.1 Å². The Labute approximate surface area is 80.5 Å². The molecule has 70 valence electrons. The van der Waals surface area contributed by atoms with Crippen molar-refractivity contribution in [1.82, 2.24) is 0 Å². The number of halogens is 2. The molecule has 1 rings (SSSR count). The lowest BCUT2D eigenvalue weighted by Crippen LogP contribution is -2.09. The number of Topliss-reactive ketones (excluding diaryl/α,β-unsaturated/α-hetero) is 1. The van der Waals surface area contributed by atoms with Crippen LogP contribution in [0.3, 0.4) is 0 Å². The van der Waals surface area contributed by atoms with E-state index in [9.17, 15) is 9.18 Å². The molecule has 2 nitrogen and oxygen atoms in total. The zero-order valence-corrected chi connectivity index (χ0v) is 7.86. The number of rotatable bonds is 2. The van der Waals surface area contributed by atoms with Gasteiger partial charge < -0.3 is 5.73 Å². The van der Waals surface area contributed by atoms with Crippen molar-refractivity contribution in [3.63, 3.8) is 0 Å². The number of carbonyl (C=O) groups excluding carboxylic acids is 1. The number of benzene rings is 1. The number of ketones is 1. The molecule has 0 radical (unpaired) electrons. The Kier molecular flexibility index (Phi) is 2.88. The number of nitrogens with two attached hydrogens (primary N) is 1. The molecule has 0 unspecified atom stereocenters. The van der Waals surface area contributed by atoms with Gasteiger partial charge in [0.05, 0.1) is 11.4 Å². The number of alkyl halides is 1. The molecule has 1 aromatic carbocycles. The molecule has 1 aromatic rings. The molecule has 0 saturated carbocycles. The van der Waals surface area contributed by atoms with Gasteiger partial charge in [-0.1, -0.05) is 6.07 Å². The fourth-order valence-corrected chi connectivity index (χ4v) is 1.18. The van der Waals surface area contributed by atoms with Crippen LogP contribution in [-0.4, -0.2) is 11.7 Å². The molecule has 0 heterocycles. The Balaban J connectivity index is 3.33. The Morgan fingerprint density at radius 3 is 2.77 bits per heavy atom. The van der Waals surface area contributed by atoms with E-state index >= 15 is 0 Å². The van der Waals surface area contributed by atoms with Gasteiger partial charge in [-0.15, -0.1) is 11.6 Å². The average Bonchev–Trinajstić information content (AvgIpc) is 2.12. The highest BCUT2D eigenvalue weighted by Crippen LogP contribution is 2.20. The van der Waals surface area contributed by atoms with Crippen molar-refractivity contribution < 1.29 is 9.18 Å². The number of hydrogen-bond acceptors (Lipinski definition) is 2. The van der Waals surface area contributed by atoms with Gasteiger partial charge in [0.1, 0.15) is 5.82 Å². The molecule has 0 aromatic heterocycles. The van der Waals surface area contributed by atoms with Crippen molar-refractivity contribution in [2.75, 3.05) is 11.6 Å². The van der Waals surface area contributed by atoms with Crippen LogP contribution in [0.5, 0.6) is 0 Å². The smallest absolute Gasteiger partial charge is 0.182 e. The van der Waals surface area contributed by atoms with E-state index in [0.29, 0.717) is 5.56 Å². The van der Waals surface area contributed by atoms with Crippen LogP contribution in [0.4, 0.5) is 10.1 Å². The predicted molar refractivity (Wildman–Crippen MR) is 50.6 cm³/mol. The van der Waals surface area contributed by atoms with Crippen LogP contribution in [-0.2, 0) is 0 Å². The van der Waals surface area contributed by atoms with Crippen LogP contribution in [0.1, 0.15) is 15.9 Å². The van der Waals surface area contributed by atoms with Gasteiger partial charge in [0.25, 0.3) is 0 Å². The fraction of sp³-hybridized carbons (Fsp3) is 0.222. The van der Waals surface area contributed by atoms with Gasteiger partial charge in [-0.2, -0.15) is 0 Å². The largest absolute Gasteiger partial charge is 0.398 e. The molecule has 0 aliphatic carbocycles. The maximum Gasteiger partial charge on any atom is 0.182 e. The van der Waals surface area contributed by atoms with Gasteiger partial charge in [-0.3, -0.25) is 4.79 Å². The van der Waals surface area contributed by atoms with Crippen molar-refractivity contribution in [3.05, 3.63) is 29.1 Å². The van der Waals surface area contributed by atoms with Crippen molar-refractivity contribution in [3.8, 4) is 0 Å². The van der Waals surface area contributed by atoms with Gasteiger partial charge >= 0.3 is 0 Å². The summed E-state index contributed by atoms with van der Waals surface area (Å²) in [5, 5.41) is 0. The lowest BCUT2D eigenvalue weighted by Gasteiger charge is -2.05. The lowest BCUT2D eigenvalue weighted by molar-refractivity contribution is 0.101. The van der Waals surface area contributed by atoms with Gasteiger partial charge in [-0.05, 0) is 18.6 Å². The Hall–Kier alpha value is -1.09. The molecule has 0 spiro atoms. The first-order valence-corrected chi connectivity index (χ1v) is 4.25. The van der Waals surface area contributed by atoms with Gasteiger partial charge in [0.2, 0.25) is 0 Å². The molecule has 4 heteroatoms. The summed E-state index contributed by atoms with van der Waals surface area (Å²) in [4.78, 5) is 11.2. The third-order valence-electron chi connectivity index (χ3n) is 1.77. The van der Waals surface area contributed by atoms with Crippen LogP contribution >= 0.6 is 11.6 Å². The van der Waals surface area contributed by atoms with Crippen LogP contribution in [0.15, 0.2) is 12.1 Å². The highest BCUT2D eigenvalue weighted by atomic mass is 35.5. The second-order valence-corrected chi connectivity index (χ2v) is 2.98. The maximum atomic E-state index is 13.3. The highest BCUT2D eigenvalue weighted by molar-refractivity contribution is 6.31. The zero-order valence-electron chi connectivity index (χ0n) is 7.10. The minimum absolute atomic E-state index is 0.102. The monoisotopic (exact) mass is 201 g/mol. The van der Waals surface area contributed by atoms with Gasteiger partial charge in [-0.25, -0.2) is 4.39 Å². The maximum absolute atomic E-state index is 13.3. The molecule has 0 fully saturated rings. The van der Waals surface area contributed by atoms with Crippen LogP contribution in [0.25, 0.3) is 0 Å². The molecule has 0 atom stereocenters. The molecule has 0 aliphatic rings. The summed E-state index contributed by atoms with van der Waals surface area (Å²) in [6.07, 6.45) is 0. The first-order chi connectivity index (χ1) is 6.07. The van der Waals surface area contributed by atoms with E-state index < -0.39 is 11.6 Å². The molecule has 0 aliphatic heterocycles. The molecular weight excluding hydrogens is 193 g/mol. The summed E-state index contributed by atoms with van der Waals surface area (Å²) < 4.78 is 13.3. The SMILES string of the molecule is Cc1ccc(N)c(C(=O)CCl)c1F. The second-order valence-electron chi connectivity index (χ2n) is 2.72. The van der Waals surface area contributed by atoms with Gasteiger partial charge in [0.15, 0.2) is 5.78 Å². The van der Waals surface area contributed by atoms with E-state index in [1.165, 1.54) is 12.1 Å². The van der Waals surface area contributed by atoms with Gasteiger partial charge in [0, 0.05) is 5.69 Å². The molecular formula is C9H9ClFNO. The first-order valence-electron chi connectivity index (χ1n) is 3.71. The Bertz CT molecular complexity index is 352. The van der Waals surface area contributed by atoms with Crippen molar-refractivity contribution in [2.24, 2.45) is 0 Å². The normalized spacial score (nSPS) is 10.1. The number of hydrogen-bond donors (Lipinski definition) is 1. The number of nitrogen functional groups attached to an aromatic ring is 1. The summed E-state index contributed by atoms with van der Waals surface area (Å²) in [6, 6.07) is 3.02. The van der Waals surface area contributed by atoms with E-state index in [-0.39, 0.29) is 17.1 Å². The average molecular weight is 202 g/mol. The quantitative estimate of drug-likeness (QED) is 0.453. The summed E-state index contributed by atoms with van der Waals surface area (Å²) in [6.45, 7) is 1.57. The third-order valence-corrected chi connectivity index (χ3v) is 2.01. The van der Waals surface area contributed by atoms with E-state index in [1.807, 2.05) is 0 Å². The predicted octanol–water partition coefficient (Wildman–Crippen LogP) is 2.14. The fourth-order valence-electron chi connectivity index (χ4n) is 1.05. The summed E-state index contributed by atoms with van der Waals surface area (Å²) in [5.74, 6) is -1.32. The van der Waals surface area contributed by atoms with Crippen LogP contribution in [0.2, 0.25) is 0 Å². The molecule has 0 saturated heterocycles. The molecule has 0 amide bonds. The molecule has 13 heavy (non-hydrogen) atoms. The zero-order chi connectivity index (χ0) is 10.0. The van der Waals surface area contributed by atoms with Crippen LogP contribution in [0, 0.1) is 12.7 Å².